The van der Waals surface area contributed by atoms with Gasteiger partial charge in [-0.05, 0) is 38.4 Å². The molecule has 1 heterocycles. The Labute approximate surface area is 124 Å². The minimum atomic E-state index is -0.294. The first-order valence-electron chi connectivity index (χ1n) is 6.94. The lowest BCUT2D eigenvalue weighted by Gasteiger charge is -2.43. The van der Waals surface area contributed by atoms with Crippen molar-refractivity contribution >= 4 is 11.6 Å². The lowest BCUT2D eigenvalue weighted by atomic mass is 9.92. The predicted molar refractivity (Wildman–Crippen MR) is 79.4 cm³/mol. The van der Waals surface area contributed by atoms with Crippen molar-refractivity contribution in [3.05, 3.63) is 34.6 Å². The molecule has 0 amide bonds. The Morgan fingerprint density at radius 1 is 1.55 bits per heavy atom. The molecule has 0 aromatic heterocycles. The Hall–Kier alpha value is -0.680. The van der Waals surface area contributed by atoms with Crippen LogP contribution in [0.4, 0.5) is 4.39 Å². The van der Waals surface area contributed by atoms with E-state index in [0.717, 1.165) is 25.9 Å². The number of methoxy groups -OCH3 is 1. The van der Waals surface area contributed by atoms with Gasteiger partial charge in [0.1, 0.15) is 5.82 Å². The smallest absolute Gasteiger partial charge is 0.129 e. The van der Waals surface area contributed by atoms with Gasteiger partial charge in [0.05, 0.1) is 11.6 Å². The quantitative estimate of drug-likeness (QED) is 0.929. The highest BCUT2D eigenvalue weighted by Crippen LogP contribution is 2.34. The number of benzene rings is 1. The molecule has 1 aliphatic rings. The molecule has 1 aromatic rings. The van der Waals surface area contributed by atoms with E-state index in [2.05, 4.69) is 11.8 Å². The van der Waals surface area contributed by atoms with Crippen LogP contribution in [0.5, 0.6) is 0 Å². The molecule has 0 bridgehead atoms. The Bertz CT molecular complexity index is 451. The molecule has 20 heavy (non-hydrogen) atoms. The monoisotopic (exact) mass is 300 g/mol. The zero-order chi connectivity index (χ0) is 14.8. The summed E-state index contributed by atoms with van der Waals surface area (Å²) >= 11 is 6.17. The molecule has 1 aromatic carbocycles. The normalized spacial score (nSPS) is 25.6. The third kappa shape index (κ3) is 3.14. The second-order valence-corrected chi connectivity index (χ2v) is 6.02. The van der Waals surface area contributed by atoms with Gasteiger partial charge >= 0.3 is 0 Å². The summed E-state index contributed by atoms with van der Waals surface area (Å²) in [6, 6.07) is 4.55. The van der Waals surface area contributed by atoms with E-state index in [1.807, 2.05) is 0 Å². The van der Waals surface area contributed by atoms with Crippen molar-refractivity contribution in [1.82, 2.24) is 4.90 Å². The van der Waals surface area contributed by atoms with Gasteiger partial charge in [-0.3, -0.25) is 4.90 Å². The number of nitrogens with zero attached hydrogens (tertiary/aromatic N) is 1. The van der Waals surface area contributed by atoms with Crippen LogP contribution in [-0.2, 0) is 4.74 Å². The summed E-state index contributed by atoms with van der Waals surface area (Å²) in [6.07, 6.45) is 2.01. The number of nitrogens with two attached hydrogens (primary N) is 1. The molecule has 0 aliphatic carbocycles. The average molecular weight is 301 g/mol. The first-order valence-corrected chi connectivity index (χ1v) is 7.32. The molecule has 3 nitrogen and oxygen atoms in total. The molecule has 0 saturated carbocycles. The number of likely N-dealkylation sites (tertiary alicyclic amines) is 1. The highest BCUT2D eigenvalue weighted by atomic mass is 35.5. The molecule has 1 aliphatic heterocycles. The Kier molecular flexibility index (Phi) is 5.02. The summed E-state index contributed by atoms with van der Waals surface area (Å²) in [6.45, 7) is 4.03. The van der Waals surface area contributed by atoms with Crippen molar-refractivity contribution in [2.45, 2.75) is 31.4 Å². The maximum Gasteiger partial charge on any atom is 0.129 e. The summed E-state index contributed by atoms with van der Waals surface area (Å²) in [5.74, 6) is -0.294. The van der Waals surface area contributed by atoms with Gasteiger partial charge in [0.2, 0.25) is 0 Å². The van der Waals surface area contributed by atoms with E-state index in [1.54, 1.807) is 19.2 Å². The molecule has 2 N–H and O–H groups in total. The Morgan fingerprint density at radius 2 is 2.30 bits per heavy atom. The second kappa shape index (κ2) is 6.39. The van der Waals surface area contributed by atoms with Crippen molar-refractivity contribution in [1.29, 1.82) is 0 Å². The fraction of sp³-hybridized carbons (Fsp3) is 0.600. The van der Waals surface area contributed by atoms with Crippen LogP contribution >= 0.6 is 11.6 Å². The molecular weight excluding hydrogens is 279 g/mol. The number of rotatable bonds is 4. The molecule has 0 radical (unpaired) electrons. The average Bonchev–Trinajstić information content (AvgIpc) is 2.43. The minimum absolute atomic E-state index is 0.205. The summed E-state index contributed by atoms with van der Waals surface area (Å²) < 4.78 is 19.7. The lowest BCUT2D eigenvalue weighted by molar-refractivity contribution is -0.0611. The topological polar surface area (TPSA) is 38.5 Å². The number of halogens is 2. The first kappa shape index (κ1) is 15.7. The number of ether oxygens (including phenoxy) is 1. The minimum Gasteiger partial charge on any atom is -0.377 e. The molecule has 1 saturated heterocycles. The van der Waals surface area contributed by atoms with Crippen molar-refractivity contribution in [2.75, 3.05) is 26.7 Å². The number of hydrogen-bond donors (Lipinski definition) is 1. The Morgan fingerprint density at radius 3 is 2.90 bits per heavy atom. The molecule has 1 fully saturated rings. The fourth-order valence-electron chi connectivity index (χ4n) is 2.96. The van der Waals surface area contributed by atoms with Crippen LogP contribution in [0.1, 0.15) is 31.4 Å². The van der Waals surface area contributed by atoms with Crippen LogP contribution < -0.4 is 5.73 Å². The molecule has 2 rings (SSSR count). The predicted octanol–water partition coefficient (Wildman–Crippen LogP) is 2.98. The summed E-state index contributed by atoms with van der Waals surface area (Å²) in [5.41, 5.74) is 6.19. The van der Waals surface area contributed by atoms with Crippen molar-refractivity contribution < 1.29 is 9.13 Å². The van der Waals surface area contributed by atoms with E-state index in [1.165, 1.54) is 6.07 Å². The first-order chi connectivity index (χ1) is 9.50. The summed E-state index contributed by atoms with van der Waals surface area (Å²) in [5, 5.41) is 0.435. The highest BCUT2D eigenvalue weighted by molar-refractivity contribution is 6.31. The lowest BCUT2D eigenvalue weighted by Crippen LogP contribution is -2.50. The van der Waals surface area contributed by atoms with Crippen LogP contribution in [0.25, 0.3) is 0 Å². The van der Waals surface area contributed by atoms with E-state index in [4.69, 9.17) is 22.1 Å². The second-order valence-electron chi connectivity index (χ2n) is 5.61. The van der Waals surface area contributed by atoms with Crippen LogP contribution in [0, 0.1) is 5.82 Å². The summed E-state index contributed by atoms with van der Waals surface area (Å²) in [7, 11) is 1.72. The van der Waals surface area contributed by atoms with Crippen molar-refractivity contribution in [2.24, 2.45) is 5.73 Å². The van der Waals surface area contributed by atoms with Crippen LogP contribution in [0.3, 0.4) is 0 Å². The van der Waals surface area contributed by atoms with E-state index in [0.29, 0.717) is 17.1 Å². The van der Waals surface area contributed by atoms with E-state index < -0.39 is 0 Å². The maximum atomic E-state index is 14.1. The third-order valence-electron chi connectivity index (χ3n) is 4.18. The molecule has 5 heteroatoms. The van der Waals surface area contributed by atoms with Crippen LogP contribution in [0.15, 0.2) is 18.2 Å². The van der Waals surface area contributed by atoms with Gasteiger partial charge < -0.3 is 10.5 Å². The maximum absolute atomic E-state index is 14.1. The SMILES string of the molecule is COC1(C)CCCN(C(CN)c2c(F)cccc2Cl)C1. The van der Waals surface area contributed by atoms with E-state index in [-0.39, 0.29) is 17.5 Å². The number of piperidine rings is 1. The van der Waals surface area contributed by atoms with Crippen molar-refractivity contribution in [3.8, 4) is 0 Å². The molecular formula is C15H22ClFN2O. The molecule has 2 unspecified atom stereocenters. The largest absolute Gasteiger partial charge is 0.377 e. The zero-order valence-corrected chi connectivity index (χ0v) is 12.8. The van der Waals surface area contributed by atoms with Gasteiger partial charge in [0, 0.05) is 30.8 Å². The molecule has 112 valence electrons. The third-order valence-corrected chi connectivity index (χ3v) is 4.51. The van der Waals surface area contributed by atoms with Crippen molar-refractivity contribution in [3.63, 3.8) is 0 Å². The fourth-order valence-corrected chi connectivity index (χ4v) is 3.24. The van der Waals surface area contributed by atoms with E-state index in [9.17, 15) is 4.39 Å². The summed E-state index contributed by atoms with van der Waals surface area (Å²) in [4.78, 5) is 2.18. The van der Waals surface area contributed by atoms with Gasteiger partial charge in [-0.15, -0.1) is 0 Å². The zero-order valence-electron chi connectivity index (χ0n) is 12.0. The van der Waals surface area contributed by atoms with Gasteiger partial charge in [-0.25, -0.2) is 4.39 Å². The molecule has 0 spiro atoms. The number of hydrogen-bond acceptors (Lipinski definition) is 3. The van der Waals surface area contributed by atoms with E-state index >= 15 is 0 Å². The Balaban J connectivity index is 2.28. The van der Waals surface area contributed by atoms with Crippen LogP contribution in [0.2, 0.25) is 5.02 Å². The standard InChI is InChI=1S/C15H22ClFN2O/c1-15(20-2)7-4-8-19(10-15)13(9-18)14-11(16)5-3-6-12(14)17/h3,5-6,13H,4,7-10,18H2,1-2H3. The van der Waals surface area contributed by atoms with Gasteiger partial charge in [0.15, 0.2) is 0 Å². The van der Waals surface area contributed by atoms with Gasteiger partial charge in [0.25, 0.3) is 0 Å². The van der Waals surface area contributed by atoms with Crippen LogP contribution in [-0.4, -0.2) is 37.2 Å². The van der Waals surface area contributed by atoms with Gasteiger partial charge in [-0.2, -0.15) is 0 Å². The van der Waals surface area contributed by atoms with Gasteiger partial charge in [-0.1, -0.05) is 17.7 Å². The highest BCUT2D eigenvalue weighted by Gasteiger charge is 2.35. The molecule has 2 atom stereocenters.